The Hall–Kier alpha value is -2.89. The summed E-state index contributed by atoms with van der Waals surface area (Å²) >= 11 is 0. The normalized spacial score (nSPS) is 12.1. The first-order valence-corrected chi connectivity index (χ1v) is 10.1. The summed E-state index contributed by atoms with van der Waals surface area (Å²) in [5.41, 5.74) is 3.05. The number of aliphatic hydroxyl groups excluding tert-OH is 1. The number of hydrogen-bond acceptors (Lipinski definition) is 3. The van der Waals surface area contributed by atoms with Gasteiger partial charge < -0.3 is 14.4 Å². The van der Waals surface area contributed by atoms with Crippen LogP contribution < -0.4 is 4.74 Å². The predicted octanol–water partition coefficient (Wildman–Crippen LogP) is 4.41. The molecule has 3 rings (SSSR count). The van der Waals surface area contributed by atoms with Gasteiger partial charge in [-0.3, -0.25) is 4.90 Å². The van der Waals surface area contributed by atoms with Crippen LogP contribution in [0.5, 0.6) is 5.75 Å². The topological polar surface area (TPSA) is 37.6 Å². The second-order valence-electron chi connectivity index (χ2n) is 7.47. The average Bonchev–Trinajstić information content (AvgIpc) is 3.14. The van der Waals surface area contributed by atoms with Gasteiger partial charge >= 0.3 is 0 Å². The maximum atomic E-state index is 13.5. The number of hydrogen-bond donors (Lipinski definition) is 1. The third-order valence-corrected chi connectivity index (χ3v) is 4.93. The Labute approximate surface area is 177 Å². The van der Waals surface area contributed by atoms with E-state index in [1.165, 1.54) is 6.07 Å². The summed E-state index contributed by atoms with van der Waals surface area (Å²) in [6.07, 6.45) is 3.19. The molecule has 0 saturated heterocycles. The molecule has 0 fully saturated rings. The number of ether oxygens (including phenoxy) is 1. The molecule has 3 aromatic rings. The molecule has 0 aliphatic carbocycles. The molecule has 0 saturated carbocycles. The molecule has 0 bridgehead atoms. The summed E-state index contributed by atoms with van der Waals surface area (Å²) in [6.45, 7) is 8.40. The Morgan fingerprint density at radius 3 is 2.77 bits per heavy atom. The van der Waals surface area contributed by atoms with Crippen LogP contribution in [0.15, 0.2) is 79.5 Å². The van der Waals surface area contributed by atoms with Crippen molar-refractivity contribution in [3.8, 4) is 5.75 Å². The zero-order valence-electron chi connectivity index (χ0n) is 17.4. The number of benzene rings is 2. The lowest BCUT2D eigenvalue weighted by molar-refractivity contribution is 0.0687. The van der Waals surface area contributed by atoms with Crippen molar-refractivity contribution in [1.29, 1.82) is 0 Å². The summed E-state index contributed by atoms with van der Waals surface area (Å²) in [5.74, 6) is 0.557. The van der Waals surface area contributed by atoms with Gasteiger partial charge in [0.05, 0.1) is 0 Å². The second-order valence-corrected chi connectivity index (χ2v) is 7.47. The Kier molecular flexibility index (Phi) is 7.82. The molecule has 0 unspecified atom stereocenters. The van der Waals surface area contributed by atoms with Crippen molar-refractivity contribution < 1.29 is 14.2 Å². The molecular formula is C25H29FN2O2. The molecule has 1 N–H and O–H groups in total. The highest BCUT2D eigenvalue weighted by Crippen LogP contribution is 2.17. The molecule has 0 aliphatic heterocycles. The van der Waals surface area contributed by atoms with Crippen LogP contribution in [0, 0.1) is 12.7 Å². The van der Waals surface area contributed by atoms with Gasteiger partial charge in [-0.1, -0.05) is 36.4 Å². The monoisotopic (exact) mass is 408 g/mol. The Morgan fingerprint density at radius 2 is 2.00 bits per heavy atom. The van der Waals surface area contributed by atoms with E-state index in [2.05, 4.69) is 16.0 Å². The van der Waals surface area contributed by atoms with Gasteiger partial charge in [-0.15, -0.1) is 6.58 Å². The van der Waals surface area contributed by atoms with Crippen LogP contribution in [0.3, 0.4) is 0 Å². The minimum Gasteiger partial charge on any atom is -0.491 e. The number of rotatable bonds is 11. The van der Waals surface area contributed by atoms with E-state index >= 15 is 0 Å². The van der Waals surface area contributed by atoms with Crippen LogP contribution in [0.2, 0.25) is 0 Å². The predicted molar refractivity (Wildman–Crippen MR) is 118 cm³/mol. The molecule has 0 amide bonds. The van der Waals surface area contributed by atoms with Gasteiger partial charge in [0.1, 0.15) is 24.3 Å². The summed E-state index contributed by atoms with van der Waals surface area (Å²) in [5, 5.41) is 10.5. The molecule has 2 aromatic carbocycles. The highest BCUT2D eigenvalue weighted by molar-refractivity contribution is 5.31. The molecule has 1 atom stereocenters. The zero-order chi connectivity index (χ0) is 21.3. The van der Waals surface area contributed by atoms with Crippen LogP contribution in [0.1, 0.15) is 16.8 Å². The van der Waals surface area contributed by atoms with E-state index in [0.29, 0.717) is 26.2 Å². The SMILES string of the molecule is C=CCN(Cc1cccn1Cc1cccc(F)c1)C[C@H](O)COc1ccccc1C. The van der Waals surface area contributed by atoms with E-state index in [-0.39, 0.29) is 12.4 Å². The maximum absolute atomic E-state index is 13.5. The maximum Gasteiger partial charge on any atom is 0.123 e. The Morgan fingerprint density at radius 1 is 1.17 bits per heavy atom. The van der Waals surface area contributed by atoms with Gasteiger partial charge in [-0.2, -0.15) is 0 Å². The third kappa shape index (κ3) is 6.31. The van der Waals surface area contributed by atoms with Crippen molar-refractivity contribution in [3.63, 3.8) is 0 Å². The first-order chi connectivity index (χ1) is 14.5. The zero-order valence-corrected chi connectivity index (χ0v) is 17.4. The Bertz CT molecular complexity index is 954. The fraction of sp³-hybridized carbons (Fsp3) is 0.280. The fourth-order valence-electron chi connectivity index (χ4n) is 3.45. The quantitative estimate of drug-likeness (QED) is 0.478. The third-order valence-electron chi connectivity index (χ3n) is 4.93. The van der Waals surface area contributed by atoms with Gasteiger partial charge in [0.2, 0.25) is 0 Å². The van der Waals surface area contributed by atoms with Crippen molar-refractivity contribution in [3.05, 3.63) is 102 Å². The minimum absolute atomic E-state index is 0.225. The van der Waals surface area contributed by atoms with Gasteiger partial charge in [0.25, 0.3) is 0 Å². The van der Waals surface area contributed by atoms with Crippen molar-refractivity contribution in [2.45, 2.75) is 26.1 Å². The van der Waals surface area contributed by atoms with E-state index in [9.17, 15) is 9.50 Å². The second kappa shape index (κ2) is 10.8. The first-order valence-electron chi connectivity index (χ1n) is 10.1. The van der Waals surface area contributed by atoms with Crippen molar-refractivity contribution in [1.82, 2.24) is 9.47 Å². The largest absolute Gasteiger partial charge is 0.491 e. The standard InChI is InChI=1S/C25H29FN2O2/c1-3-13-27(18-24(29)19-30-25-12-5-4-8-20(25)2)17-23-11-7-14-28(23)16-21-9-6-10-22(26)15-21/h3-12,14-15,24,29H,1,13,16-19H2,2H3/t24-/m0/s1. The van der Waals surface area contributed by atoms with Gasteiger partial charge in [0.15, 0.2) is 0 Å². The average molecular weight is 409 g/mol. The summed E-state index contributed by atoms with van der Waals surface area (Å²) in [6, 6.07) is 18.5. The molecule has 1 aromatic heterocycles. The van der Waals surface area contributed by atoms with E-state index < -0.39 is 6.10 Å². The molecule has 30 heavy (non-hydrogen) atoms. The molecule has 0 spiro atoms. The highest BCUT2D eigenvalue weighted by Gasteiger charge is 2.14. The molecule has 5 heteroatoms. The van der Waals surface area contributed by atoms with Crippen molar-refractivity contribution in [2.24, 2.45) is 0 Å². The number of para-hydroxylation sites is 1. The molecule has 4 nitrogen and oxygen atoms in total. The van der Waals surface area contributed by atoms with Crippen LogP contribution in [0.25, 0.3) is 0 Å². The Balaban J connectivity index is 1.59. The minimum atomic E-state index is -0.629. The van der Waals surface area contributed by atoms with Gasteiger partial charge in [-0.05, 0) is 48.4 Å². The number of aromatic nitrogens is 1. The number of nitrogens with zero attached hydrogens (tertiary/aromatic N) is 2. The smallest absolute Gasteiger partial charge is 0.123 e. The molecule has 0 radical (unpaired) electrons. The lowest BCUT2D eigenvalue weighted by atomic mass is 10.2. The number of aryl methyl sites for hydroxylation is 1. The fourth-order valence-corrected chi connectivity index (χ4v) is 3.45. The highest BCUT2D eigenvalue weighted by atomic mass is 19.1. The van der Waals surface area contributed by atoms with E-state index in [4.69, 9.17) is 4.74 Å². The molecular weight excluding hydrogens is 379 g/mol. The summed E-state index contributed by atoms with van der Waals surface area (Å²) in [4.78, 5) is 2.12. The summed E-state index contributed by atoms with van der Waals surface area (Å²) in [7, 11) is 0. The van der Waals surface area contributed by atoms with Gasteiger partial charge in [-0.25, -0.2) is 4.39 Å². The molecule has 1 heterocycles. The van der Waals surface area contributed by atoms with Crippen molar-refractivity contribution >= 4 is 0 Å². The summed E-state index contributed by atoms with van der Waals surface area (Å²) < 4.78 is 21.4. The van der Waals surface area contributed by atoms with Crippen LogP contribution >= 0.6 is 0 Å². The first kappa shape index (κ1) is 21.8. The van der Waals surface area contributed by atoms with E-state index in [1.807, 2.05) is 61.7 Å². The van der Waals surface area contributed by atoms with Crippen LogP contribution in [0.4, 0.5) is 4.39 Å². The number of halogens is 1. The van der Waals surface area contributed by atoms with Gasteiger partial charge in [0, 0.05) is 38.1 Å². The van der Waals surface area contributed by atoms with Crippen molar-refractivity contribution in [2.75, 3.05) is 19.7 Å². The lowest BCUT2D eigenvalue weighted by Crippen LogP contribution is -2.36. The van der Waals surface area contributed by atoms with Crippen LogP contribution in [-0.2, 0) is 13.1 Å². The van der Waals surface area contributed by atoms with E-state index in [0.717, 1.165) is 22.6 Å². The molecule has 0 aliphatic rings. The number of aliphatic hydroxyl groups is 1. The molecule has 158 valence electrons. The van der Waals surface area contributed by atoms with E-state index in [1.54, 1.807) is 12.1 Å². The lowest BCUT2D eigenvalue weighted by Gasteiger charge is -2.25. The van der Waals surface area contributed by atoms with Crippen LogP contribution in [-0.4, -0.2) is 40.4 Å².